The molecule has 0 bridgehead atoms. The summed E-state index contributed by atoms with van der Waals surface area (Å²) in [6.07, 6.45) is 6.34. The molecule has 0 aliphatic carbocycles. The monoisotopic (exact) mass is 389 g/mol. The Morgan fingerprint density at radius 1 is 1.07 bits per heavy atom. The van der Waals surface area contributed by atoms with Crippen molar-refractivity contribution in [3.8, 4) is 0 Å². The number of carbonyl (C=O) groups excluding carboxylic acids is 1. The minimum atomic E-state index is -0.271. The Kier molecular flexibility index (Phi) is 5.12. The molecule has 0 unspecified atom stereocenters. The first-order valence-electron chi connectivity index (χ1n) is 8.64. The van der Waals surface area contributed by atoms with E-state index in [0.717, 1.165) is 16.6 Å². The second-order valence-corrected chi connectivity index (χ2v) is 6.54. The average molecular weight is 390 g/mol. The Morgan fingerprint density at radius 3 is 2.68 bits per heavy atom. The lowest BCUT2D eigenvalue weighted by molar-refractivity contribution is -0.111. The third kappa shape index (κ3) is 4.24. The van der Waals surface area contributed by atoms with Crippen LogP contribution in [0.1, 0.15) is 11.3 Å². The van der Waals surface area contributed by atoms with Gasteiger partial charge in [0.05, 0.1) is 35.7 Å². The first kappa shape index (κ1) is 17.9. The summed E-state index contributed by atoms with van der Waals surface area (Å²) in [5, 5.41) is 7.77. The van der Waals surface area contributed by atoms with Gasteiger partial charge in [-0.15, -0.1) is 0 Å². The standard InChI is InChI=1S/C21H16ClN5O/c22-16-7-5-15(6-8-16)14-27-20(11-12-24-27)26-21(28)10-9-17-13-23-18-3-1-2-4-19(18)25-17/h1-13H,14H2,(H,26,28)/b10-9+. The fourth-order valence-electron chi connectivity index (χ4n) is 2.71. The highest BCUT2D eigenvalue weighted by Gasteiger charge is 2.06. The van der Waals surface area contributed by atoms with Gasteiger partial charge in [-0.3, -0.25) is 9.78 Å². The van der Waals surface area contributed by atoms with Crippen molar-refractivity contribution in [1.82, 2.24) is 19.7 Å². The fourth-order valence-corrected chi connectivity index (χ4v) is 2.83. The van der Waals surface area contributed by atoms with Crippen LogP contribution in [0.25, 0.3) is 17.1 Å². The molecule has 4 aromatic rings. The highest BCUT2D eigenvalue weighted by atomic mass is 35.5. The average Bonchev–Trinajstić information content (AvgIpc) is 3.14. The van der Waals surface area contributed by atoms with E-state index in [1.807, 2.05) is 48.5 Å². The van der Waals surface area contributed by atoms with Gasteiger partial charge in [-0.05, 0) is 35.9 Å². The third-order valence-corrected chi connectivity index (χ3v) is 4.34. The molecule has 28 heavy (non-hydrogen) atoms. The van der Waals surface area contributed by atoms with E-state index in [-0.39, 0.29) is 5.91 Å². The molecule has 1 amide bonds. The number of anilines is 1. The first-order chi connectivity index (χ1) is 13.7. The van der Waals surface area contributed by atoms with Gasteiger partial charge in [-0.2, -0.15) is 5.10 Å². The lowest BCUT2D eigenvalue weighted by Crippen LogP contribution is -2.13. The molecule has 2 aromatic heterocycles. The van der Waals surface area contributed by atoms with Crippen molar-refractivity contribution in [3.63, 3.8) is 0 Å². The minimum absolute atomic E-state index is 0.271. The van der Waals surface area contributed by atoms with E-state index < -0.39 is 0 Å². The van der Waals surface area contributed by atoms with Crippen LogP contribution in [0.3, 0.4) is 0 Å². The van der Waals surface area contributed by atoms with Gasteiger partial charge in [0.25, 0.3) is 0 Å². The number of hydrogen-bond acceptors (Lipinski definition) is 4. The van der Waals surface area contributed by atoms with Gasteiger partial charge in [0, 0.05) is 17.2 Å². The molecule has 138 valence electrons. The first-order valence-corrected chi connectivity index (χ1v) is 9.02. The third-order valence-electron chi connectivity index (χ3n) is 4.09. The molecule has 6 nitrogen and oxygen atoms in total. The van der Waals surface area contributed by atoms with Gasteiger partial charge in [-0.25, -0.2) is 9.67 Å². The number of carbonyl (C=O) groups is 1. The van der Waals surface area contributed by atoms with Gasteiger partial charge in [-0.1, -0.05) is 35.9 Å². The van der Waals surface area contributed by atoms with E-state index in [1.165, 1.54) is 6.08 Å². The Bertz CT molecular complexity index is 1150. The molecule has 4 rings (SSSR count). The maximum absolute atomic E-state index is 12.3. The molecule has 0 saturated heterocycles. The van der Waals surface area contributed by atoms with Crippen molar-refractivity contribution in [2.24, 2.45) is 0 Å². The number of halogens is 1. The zero-order valence-electron chi connectivity index (χ0n) is 14.8. The highest BCUT2D eigenvalue weighted by Crippen LogP contribution is 2.14. The van der Waals surface area contributed by atoms with E-state index in [2.05, 4.69) is 20.4 Å². The van der Waals surface area contributed by atoms with Gasteiger partial charge >= 0.3 is 0 Å². The number of nitrogens with one attached hydrogen (secondary N) is 1. The summed E-state index contributed by atoms with van der Waals surface area (Å²) in [6, 6.07) is 16.8. The topological polar surface area (TPSA) is 72.7 Å². The van der Waals surface area contributed by atoms with Gasteiger partial charge < -0.3 is 5.32 Å². The molecule has 0 saturated carbocycles. The van der Waals surface area contributed by atoms with Crippen LogP contribution in [0.4, 0.5) is 5.82 Å². The normalized spacial score (nSPS) is 11.2. The van der Waals surface area contributed by atoms with Crippen molar-refractivity contribution >= 4 is 40.4 Å². The zero-order chi connectivity index (χ0) is 19.3. The lowest BCUT2D eigenvalue weighted by atomic mass is 10.2. The van der Waals surface area contributed by atoms with Crippen molar-refractivity contribution in [2.75, 3.05) is 5.32 Å². The van der Waals surface area contributed by atoms with E-state index >= 15 is 0 Å². The number of para-hydroxylation sites is 2. The van der Waals surface area contributed by atoms with Crippen LogP contribution in [0.2, 0.25) is 5.02 Å². The molecular weight excluding hydrogens is 374 g/mol. The Hall–Kier alpha value is -3.51. The van der Waals surface area contributed by atoms with Gasteiger partial charge in [0.2, 0.25) is 5.91 Å². The largest absolute Gasteiger partial charge is 0.307 e. The second kappa shape index (κ2) is 8.02. The molecule has 7 heteroatoms. The predicted octanol–water partition coefficient (Wildman–Crippen LogP) is 4.18. The maximum atomic E-state index is 12.3. The quantitative estimate of drug-likeness (QED) is 0.520. The summed E-state index contributed by atoms with van der Waals surface area (Å²) in [7, 11) is 0. The number of nitrogens with zero attached hydrogens (tertiary/aromatic N) is 4. The molecule has 0 aliphatic heterocycles. The Morgan fingerprint density at radius 2 is 1.86 bits per heavy atom. The van der Waals surface area contributed by atoms with Crippen LogP contribution < -0.4 is 5.32 Å². The summed E-state index contributed by atoms with van der Waals surface area (Å²) in [5.41, 5.74) is 3.25. The van der Waals surface area contributed by atoms with Crippen LogP contribution >= 0.6 is 11.6 Å². The van der Waals surface area contributed by atoms with Crippen LogP contribution in [0.15, 0.2) is 73.1 Å². The molecule has 0 aliphatic rings. The summed E-state index contributed by atoms with van der Waals surface area (Å²) in [5.74, 6) is 0.335. The SMILES string of the molecule is O=C(/C=C/c1cnc2ccccc2n1)Nc1ccnn1Cc1ccc(Cl)cc1. The molecule has 2 heterocycles. The van der Waals surface area contributed by atoms with E-state index in [0.29, 0.717) is 23.1 Å². The van der Waals surface area contributed by atoms with Crippen LogP contribution in [-0.2, 0) is 11.3 Å². The molecule has 2 aromatic carbocycles. The van der Waals surface area contributed by atoms with Crippen LogP contribution in [0, 0.1) is 0 Å². The molecular formula is C21H16ClN5O. The molecule has 0 fully saturated rings. The summed E-state index contributed by atoms with van der Waals surface area (Å²) in [4.78, 5) is 21.1. The van der Waals surface area contributed by atoms with Crippen molar-refractivity contribution in [1.29, 1.82) is 0 Å². The van der Waals surface area contributed by atoms with Crippen LogP contribution in [0.5, 0.6) is 0 Å². The predicted molar refractivity (Wildman–Crippen MR) is 110 cm³/mol. The smallest absolute Gasteiger partial charge is 0.249 e. The molecule has 1 N–H and O–H groups in total. The van der Waals surface area contributed by atoms with Crippen molar-refractivity contribution < 1.29 is 4.79 Å². The number of aromatic nitrogens is 4. The minimum Gasteiger partial charge on any atom is -0.307 e. The Balaban J connectivity index is 1.44. The van der Waals surface area contributed by atoms with E-state index in [1.54, 1.807) is 29.2 Å². The number of benzene rings is 2. The highest BCUT2D eigenvalue weighted by molar-refractivity contribution is 6.30. The van der Waals surface area contributed by atoms with E-state index in [9.17, 15) is 4.79 Å². The van der Waals surface area contributed by atoms with Crippen molar-refractivity contribution in [3.05, 3.63) is 89.3 Å². The maximum Gasteiger partial charge on any atom is 0.249 e. The lowest BCUT2D eigenvalue weighted by Gasteiger charge is -2.08. The molecule has 0 radical (unpaired) electrons. The van der Waals surface area contributed by atoms with Crippen LogP contribution in [-0.4, -0.2) is 25.7 Å². The molecule has 0 spiro atoms. The fraction of sp³-hybridized carbons (Fsp3) is 0.0476. The zero-order valence-corrected chi connectivity index (χ0v) is 15.5. The van der Waals surface area contributed by atoms with E-state index in [4.69, 9.17) is 11.6 Å². The molecule has 0 atom stereocenters. The summed E-state index contributed by atoms with van der Waals surface area (Å²) in [6.45, 7) is 0.527. The number of hydrogen-bond donors (Lipinski definition) is 1. The van der Waals surface area contributed by atoms with Crippen molar-refractivity contribution in [2.45, 2.75) is 6.54 Å². The number of fused-ring (bicyclic) bond motifs is 1. The van der Waals surface area contributed by atoms with Gasteiger partial charge in [0.1, 0.15) is 5.82 Å². The number of amides is 1. The second-order valence-electron chi connectivity index (χ2n) is 6.11. The number of rotatable bonds is 5. The Labute approximate surface area is 166 Å². The summed E-state index contributed by atoms with van der Waals surface area (Å²) >= 11 is 5.91. The summed E-state index contributed by atoms with van der Waals surface area (Å²) < 4.78 is 1.71. The van der Waals surface area contributed by atoms with Gasteiger partial charge in [0.15, 0.2) is 0 Å².